The van der Waals surface area contributed by atoms with Gasteiger partial charge in [-0.2, -0.15) is 0 Å². The van der Waals surface area contributed by atoms with E-state index in [4.69, 9.17) is 32.9 Å². The molecule has 1 aromatic heterocycles. The predicted molar refractivity (Wildman–Crippen MR) is 131 cm³/mol. The third kappa shape index (κ3) is 4.68. The Morgan fingerprint density at radius 3 is 2.70 bits per heavy atom. The van der Waals surface area contributed by atoms with Crippen molar-refractivity contribution in [2.75, 3.05) is 38.2 Å². The van der Waals surface area contributed by atoms with Crippen LogP contribution in [0, 0.1) is 0 Å². The molecule has 5 rings (SSSR count). The second kappa shape index (κ2) is 9.27. The van der Waals surface area contributed by atoms with Crippen LogP contribution in [0.25, 0.3) is 22.6 Å². The summed E-state index contributed by atoms with van der Waals surface area (Å²) in [5, 5.41) is 4.42. The standard InChI is InChI=1S/C24H22Cl2N4O3/c25-19-4-1-15(12-20(19)26)11-16-5-6-30-23(16)28-21-13-17(2-3-18(21)24(30)32)27-22(31)14-29-7-9-33-10-8-29/h1-4,11-13H,5-10,14H2,(H,27,31). The Labute approximate surface area is 200 Å². The highest BCUT2D eigenvalue weighted by Crippen LogP contribution is 2.30. The van der Waals surface area contributed by atoms with Gasteiger partial charge < -0.3 is 10.1 Å². The number of rotatable bonds is 4. The van der Waals surface area contributed by atoms with Gasteiger partial charge in [-0.3, -0.25) is 19.1 Å². The number of morpholine rings is 1. The minimum atomic E-state index is -0.102. The van der Waals surface area contributed by atoms with Crippen LogP contribution in [0.2, 0.25) is 10.0 Å². The van der Waals surface area contributed by atoms with Crippen molar-refractivity contribution in [1.29, 1.82) is 0 Å². The molecule has 0 radical (unpaired) electrons. The van der Waals surface area contributed by atoms with Gasteiger partial charge in [-0.25, -0.2) is 4.98 Å². The number of hydrogen-bond acceptors (Lipinski definition) is 5. The summed E-state index contributed by atoms with van der Waals surface area (Å²) in [6.45, 7) is 3.63. The Bertz CT molecular complexity index is 1330. The fourth-order valence-corrected chi connectivity index (χ4v) is 4.50. The quantitative estimate of drug-likeness (QED) is 0.607. The van der Waals surface area contributed by atoms with Gasteiger partial charge in [0.1, 0.15) is 5.82 Å². The number of allylic oxidation sites excluding steroid dienone is 1. The first-order valence-corrected chi connectivity index (χ1v) is 11.5. The lowest BCUT2D eigenvalue weighted by atomic mass is 10.1. The lowest BCUT2D eigenvalue weighted by Gasteiger charge is -2.25. The molecule has 0 atom stereocenters. The molecule has 0 spiro atoms. The van der Waals surface area contributed by atoms with Gasteiger partial charge in [-0.05, 0) is 54.0 Å². The van der Waals surface area contributed by atoms with Crippen molar-refractivity contribution in [3.8, 4) is 0 Å². The number of carbonyl (C=O) groups excluding carboxylic acids is 1. The molecular formula is C24H22Cl2N4O3. The summed E-state index contributed by atoms with van der Waals surface area (Å²) < 4.78 is 7.02. The average Bonchev–Trinajstić information content (AvgIpc) is 3.19. The third-order valence-corrected chi connectivity index (χ3v) is 6.63. The van der Waals surface area contributed by atoms with E-state index >= 15 is 0 Å². The molecule has 2 aromatic carbocycles. The predicted octanol–water partition coefficient (Wildman–Crippen LogP) is 3.92. The van der Waals surface area contributed by atoms with Crippen LogP contribution < -0.4 is 10.9 Å². The minimum absolute atomic E-state index is 0.0845. The normalized spacial score (nSPS) is 17.5. The van der Waals surface area contributed by atoms with Crippen LogP contribution >= 0.6 is 23.2 Å². The van der Waals surface area contributed by atoms with E-state index in [1.165, 1.54) is 0 Å². The number of benzene rings is 2. The van der Waals surface area contributed by atoms with Crippen molar-refractivity contribution < 1.29 is 9.53 Å². The number of anilines is 1. The number of ether oxygens (including phenoxy) is 1. The molecule has 33 heavy (non-hydrogen) atoms. The fourth-order valence-electron chi connectivity index (χ4n) is 4.20. The summed E-state index contributed by atoms with van der Waals surface area (Å²) in [5.41, 5.74) is 2.93. The van der Waals surface area contributed by atoms with E-state index in [2.05, 4.69) is 10.2 Å². The van der Waals surface area contributed by atoms with Gasteiger partial charge >= 0.3 is 0 Å². The zero-order valence-electron chi connectivity index (χ0n) is 17.8. The summed E-state index contributed by atoms with van der Waals surface area (Å²) in [7, 11) is 0. The van der Waals surface area contributed by atoms with Crippen LogP contribution in [-0.4, -0.2) is 53.2 Å². The van der Waals surface area contributed by atoms with Gasteiger partial charge in [0, 0.05) is 25.3 Å². The van der Waals surface area contributed by atoms with E-state index in [0.717, 1.165) is 24.2 Å². The highest BCUT2D eigenvalue weighted by Gasteiger charge is 2.21. The van der Waals surface area contributed by atoms with Gasteiger partial charge in [-0.15, -0.1) is 0 Å². The van der Waals surface area contributed by atoms with Crippen LogP contribution in [0.1, 0.15) is 17.8 Å². The van der Waals surface area contributed by atoms with Crippen molar-refractivity contribution in [2.45, 2.75) is 13.0 Å². The van der Waals surface area contributed by atoms with Crippen LogP contribution in [0.5, 0.6) is 0 Å². The van der Waals surface area contributed by atoms with Gasteiger partial charge in [0.25, 0.3) is 5.56 Å². The van der Waals surface area contributed by atoms with Gasteiger partial charge in [0.05, 0.1) is 40.7 Å². The molecule has 3 heterocycles. The highest BCUT2D eigenvalue weighted by molar-refractivity contribution is 6.42. The average molecular weight is 485 g/mol. The maximum Gasteiger partial charge on any atom is 0.261 e. The molecule has 0 bridgehead atoms. The monoisotopic (exact) mass is 484 g/mol. The topological polar surface area (TPSA) is 76.5 Å². The minimum Gasteiger partial charge on any atom is -0.379 e. The van der Waals surface area contributed by atoms with Crippen molar-refractivity contribution in [3.05, 3.63) is 68.2 Å². The van der Waals surface area contributed by atoms with E-state index < -0.39 is 0 Å². The van der Waals surface area contributed by atoms with E-state index in [9.17, 15) is 9.59 Å². The molecule has 3 aromatic rings. The molecule has 9 heteroatoms. The summed E-state index contributed by atoms with van der Waals surface area (Å²) in [6, 6.07) is 10.6. The van der Waals surface area contributed by atoms with Crippen LogP contribution in [0.3, 0.4) is 0 Å². The number of nitrogens with one attached hydrogen (secondary N) is 1. The molecule has 2 aliphatic heterocycles. The first-order chi connectivity index (χ1) is 16.0. The Kier molecular flexibility index (Phi) is 6.21. The molecule has 1 amide bonds. The lowest BCUT2D eigenvalue weighted by Crippen LogP contribution is -2.41. The number of fused-ring (bicyclic) bond motifs is 2. The molecule has 1 N–H and O–H groups in total. The maximum atomic E-state index is 13.1. The highest BCUT2D eigenvalue weighted by atomic mass is 35.5. The Morgan fingerprint density at radius 1 is 1.09 bits per heavy atom. The summed E-state index contributed by atoms with van der Waals surface area (Å²) in [4.78, 5) is 32.4. The Morgan fingerprint density at radius 2 is 1.91 bits per heavy atom. The smallest absolute Gasteiger partial charge is 0.261 e. The zero-order valence-corrected chi connectivity index (χ0v) is 19.3. The molecule has 170 valence electrons. The molecule has 7 nitrogen and oxygen atoms in total. The maximum absolute atomic E-state index is 13.1. The van der Waals surface area contributed by atoms with Crippen LogP contribution in [0.15, 0.2) is 41.2 Å². The van der Waals surface area contributed by atoms with E-state index in [-0.39, 0.29) is 11.5 Å². The molecule has 0 unspecified atom stereocenters. The largest absolute Gasteiger partial charge is 0.379 e. The second-order valence-electron chi connectivity index (χ2n) is 8.15. The second-order valence-corrected chi connectivity index (χ2v) is 8.97. The Balaban J connectivity index is 1.43. The molecule has 1 fully saturated rings. The first-order valence-electron chi connectivity index (χ1n) is 10.8. The molecule has 0 aliphatic carbocycles. The number of carbonyl (C=O) groups is 1. The van der Waals surface area contributed by atoms with Crippen LogP contribution in [-0.2, 0) is 16.1 Å². The SMILES string of the molecule is O=C(CN1CCOCC1)Nc1ccc2c(=O)n3c(nc2c1)C(=Cc1ccc(Cl)c(Cl)c1)CC3. The molecule has 1 saturated heterocycles. The lowest BCUT2D eigenvalue weighted by molar-refractivity contribution is -0.118. The van der Waals surface area contributed by atoms with Gasteiger partial charge in [0.15, 0.2) is 0 Å². The van der Waals surface area contributed by atoms with Crippen molar-refractivity contribution in [3.63, 3.8) is 0 Å². The number of amides is 1. The zero-order chi connectivity index (χ0) is 22.9. The number of aromatic nitrogens is 2. The molecular weight excluding hydrogens is 463 g/mol. The van der Waals surface area contributed by atoms with Crippen molar-refractivity contribution in [1.82, 2.24) is 14.5 Å². The first kappa shape index (κ1) is 22.1. The van der Waals surface area contributed by atoms with Gasteiger partial charge in [0.2, 0.25) is 5.91 Å². The molecule has 0 saturated carbocycles. The van der Waals surface area contributed by atoms with E-state index in [0.29, 0.717) is 65.2 Å². The summed E-state index contributed by atoms with van der Waals surface area (Å²) in [6.07, 6.45) is 2.68. The van der Waals surface area contributed by atoms with E-state index in [1.54, 1.807) is 34.9 Å². The van der Waals surface area contributed by atoms with Crippen molar-refractivity contribution in [2.24, 2.45) is 0 Å². The van der Waals surface area contributed by atoms with E-state index in [1.807, 2.05) is 12.1 Å². The van der Waals surface area contributed by atoms with Crippen LogP contribution in [0.4, 0.5) is 5.69 Å². The third-order valence-electron chi connectivity index (χ3n) is 5.89. The molecule has 2 aliphatic rings. The number of halogens is 2. The fraction of sp³-hybridized carbons (Fsp3) is 0.292. The number of hydrogen-bond donors (Lipinski definition) is 1. The number of nitrogens with zero attached hydrogens (tertiary/aromatic N) is 3. The van der Waals surface area contributed by atoms with Crippen molar-refractivity contribution >= 4 is 57.3 Å². The van der Waals surface area contributed by atoms with Gasteiger partial charge in [-0.1, -0.05) is 29.3 Å². The summed E-state index contributed by atoms with van der Waals surface area (Å²) in [5.74, 6) is 0.532. The summed E-state index contributed by atoms with van der Waals surface area (Å²) >= 11 is 12.2. The Hall–Kier alpha value is -2.71.